The van der Waals surface area contributed by atoms with E-state index in [0.717, 1.165) is 17.0 Å². The quantitative estimate of drug-likeness (QED) is 0.890. The third-order valence-electron chi connectivity index (χ3n) is 4.29. The lowest BCUT2D eigenvalue weighted by Gasteiger charge is -2.19. The Kier molecular flexibility index (Phi) is 4.22. The van der Waals surface area contributed by atoms with E-state index in [1.165, 1.54) is 12.8 Å². The van der Waals surface area contributed by atoms with Crippen LogP contribution >= 0.6 is 0 Å². The molecule has 1 atom stereocenters. The Hall–Kier alpha value is -2.17. The van der Waals surface area contributed by atoms with Gasteiger partial charge in [-0.15, -0.1) is 0 Å². The molecule has 0 aliphatic heterocycles. The highest BCUT2D eigenvalue weighted by Crippen LogP contribution is 2.41. The molecule has 1 N–H and O–H groups in total. The molecule has 2 heterocycles. The molecule has 0 radical (unpaired) electrons. The van der Waals surface area contributed by atoms with Crippen molar-refractivity contribution in [3.8, 4) is 0 Å². The van der Waals surface area contributed by atoms with Gasteiger partial charge in [0.25, 0.3) is 0 Å². The number of amides is 1. The molecule has 0 bridgehead atoms. The van der Waals surface area contributed by atoms with Gasteiger partial charge in [-0.05, 0) is 49.8 Å². The first kappa shape index (κ1) is 14.8. The Bertz CT molecular complexity index is 660. The summed E-state index contributed by atoms with van der Waals surface area (Å²) in [5, 5.41) is 7.31. The first-order valence-corrected chi connectivity index (χ1v) is 7.83. The van der Waals surface area contributed by atoms with Gasteiger partial charge in [0.15, 0.2) is 0 Å². The summed E-state index contributed by atoms with van der Waals surface area (Å²) in [5.74, 6) is 0.623. The molecule has 0 saturated heterocycles. The molecule has 1 saturated carbocycles. The summed E-state index contributed by atoms with van der Waals surface area (Å²) in [6.45, 7) is 2.06. The van der Waals surface area contributed by atoms with Crippen molar-refractivity contribution in [1.29, 1.82) is 0 Å². The molecule has 0 spiro atoms. The predicted octanol–water partition coefficient (Wildman–Crippen LogP) is 2.32. The van der Waals surface area contributed by atoms with Gasteiger partial charge in [0.2, 0.25) is 5.91 Å². The number of carbonyl (C=O) groups is 1. The van der Waals surface area contributed by atoms with Gasteiger partial charge in [0, 0.05) is 31.6 Å². The van der Waals surface area contributed by atoms with Crippen molar-refractivity contribution in [1.82, 2.24) is 20.1 Å². The first-order chi connectivity index (χ1) is 10.6. The molecule has 5 heteroatoms. The lowest BCUT2D eigenvalue weighted by Crippen LogP contribution is -2.31. The molecule has 116 valence electrons. The molecule has 5 nitrogen and oxygen atoms in total. The molecule has 0 unspecified atom stereocenters. The number of hydrogen-bond donors (Lipinski definition) is 1. The lowest BCUT2D eigenvalue weighted by molar-refractivity contribution is -0.122. The third-order valence-corrected chi connectivity index (χ3v) is 4.29. The van der Waals surface area contributed by atoms with E-state index in [1.54, 1.807) is 12.4 Å². The zero-order chi connectivity index (χ0) is 15.5. The molecule has 3 rings (SSSR count). The van der Waals surface area contributed by atoms with Gasteiger partial charge >= 0.3 is 0 Å². The van der Waals surface area contributed by atoms with E-state index >= 15 is 0 Å². The van der Waals surface area contributed by atoms with Crippen LogP contribution in [0.5, 0.6) is 0 Å². The fourth-order valence-corrected chi connectivity index (χ4v) is 2.80. The van der Waals surface area contributed by atoms with Crippen LogP contribution in [0.1, 0.15) is 42.3 Å². The van der Waals surface area contributed by atoms with Crippen LogP contribution in [0.15, 0.2) is 30.6 Å². The first-order valence-electron chi connectivity index (χ1n) is 7.83. The molecule has 1 amide bonds. The van der Waals surface area contributed by atoms with Crippen molar-refractivity contribution in [2.75, 3.05) is 0 Å². The number of nitrogens with zero attached hydrogens (tertiary/aromatic N) is 3. The van der Waals surface area contributed by atoms with Gasteiger partial charge in [-0.1, -0.05) is 6.07 Å². The summed E-state index contributed by atoms with van der Waals surface area (Å²) in [4.78, 5) is 16.8. The summed E-state index contributed by atoms with van der Waals surface area (Å²) in [6, 6.07) is 6.00. The standard InChI is InChI=1S/C17H22N4O/c1-12-4-3-10-18-16(12)17(13-5-6-13)20-15(22)8-7-14-9-11-19-21(14)2/h3-4,9-11,13,17H,5-8H2,1-2H3,(H,20,22)/t17-/m0/s1. The third kappa shape index (κ3) is 3.35. The summed E-state index contributed by atoms with van der Waals surface area (Å²) < 4.78 is 1.81. The number of carbonyl (C=O) groups excluding carboxylic acids is 1. The Labute approximate surface area is 130 Å². The van der Waals surface area contributed by atoms with Crippen molar-refractivity contribution < 1.29 is 4.79 Å². The van der Waals surface area contributed by atoms with Crippen molar-refractivity contribution in [2.45, 2.75) is 38.6 Å². The predicted molar refractivity (Wildman–Crippen MR) is 84.1 cm³/mol. The minimum atomic E-state index is 0.0558. The highest BCUT2D eigenvalue weighted by molar-refractivity contribution is 5.76. The van der Waals surface area contributed by atoms with Crippen molar-refractivity contribution in [2.24, 2.45) is 13.0 Å². The van der Waals surface area contributed by atoms with Crippen LogP contribution < -0.4 is 5.32 Å². The fraction of sp³-hybridized carbons (Fsp3) is 0.471. The van der Waals surface area contributed by atoms with E-state index in [0.29, 0.717) is 18.8 Å². The molecule has 1 aliphatic carbocycles. The smallest absolute Gasteiger partial charge is 0.220 e. The maximum absolute atomic E-state index is 12.3. The van der Waals surface area contributed by atoms with Gasteiger partial charge in [-0.3, -0.25) is 14.5 Å². The second-order valence-corrected chi connectivity index (χ2v) is 6.03. The second kappa shape index (κ2) is 6.30. The lowest BCUT2D eigenvalue weighted by atomic mass is 10.0. The van der Waals surface area contributed by atoms with E-state index in [2.05, 4.69) is 28.4 Å². The SMILES string of the molecule is Cc1cccnc1[C@@H](NC(=O)CCc1ccnn1C)C1CC1. The topological polar surface area (TPSA) is 59.8 Å². The van der Waals surface area contributed by atoms with Gasteiger partial charge < -0.3 is 5.32 Å². The van der Waals surface area contributed by atoms with Crippen LogP contribution in [0, 0.1) is 12.8 Å². The minimum Gasteiger partial charge on any atom is -0.347 e. The Morgan fingerprint density at radius 2 is 2.23 bits per heavy atom. The summed E-state index contributed by atoms with van der Waals surface area (Å²) in [5.41, 5.74) is 3.23. The van der Waals surface area contributed by atoms with Gasteiger partial charge in [-0.2, -0.15) is 5.10 Å². The van der Waals surface area contributed by atoms with E-state index in [9.17, 15) is 4.79 Å². The zero-order valence-corrected chi connectivity index (χ0v) is 13.1. The summed E-state index contributed by atoms with van der Waals surface area (Å²) in [6.07, 6.45) is 7.10. The van der Waals surface area contributed by atoms with E-state index in [1.807, 2.05) is 23.9 Å². The van der Waals surface area contributed by atoms with E-state index in [-0.39, 0.29) is 11.9 Å². The normalized spacial score (nSPS) is 15.5. The molecule has 1 aliphatic rings. The van der Waals surface area contributed by atoms with Gasteiger partial charge in [0.05, 0.1) is 11.7 Å². The van der Waals surface area contributed by atoms with Crippen LogP contribution in [0.4, 0.5) is 0 Å². The van der Waals surface area contributed by atoms with Crippen molar-refractivity contribution >= 4 is 5.91 Å². The summed E-state index contributed by atoms with van der Waals surface area (Å²) in [7, 11) is 1.90. The van der Waals surface area contributed by atoms with Crippen molar-refractivity contribution in [3.05, 3.63) is 47.5 Å². The van der Waals surface area contributed by atoms with Crippen LogP contribution in [0.25, 0.3) is 0 Å². The van der Waals surface area contributed by atoms with E-state index < -0.39 is 0 Å². The number of nitrogens with one attached hydrogen (secondary N) is 1. The fourth-order valence-electron chi connectivity index (χ4n) is 2.80. The molecular formula is C17H22N4O. The minimum absolute atomic E-state index is 0.0558. The molecule has 0 aromatic carbocycles. The molecule has 2 aromatic heterocycles. The highest BCUT2D eigenvalue weighted by Gasteiger charge is 2.34. The maximum atomic E-state index is 12.3. The van der Waals surface area contributed by atoms with Crippen molar-refractivity contribution in [3.63, 3.8) is 0 Å². The van der Waals surface area contributed by atoms with Crippen LogP contribution in [0.3, 0.4) is 0 Å². The molecule has 2 aromatic rings. The second-order valence-electron chi connectivity index (χ2n) is 6.03. The van der Waals surface area contributed by atoms with Crippen LogP contribution in [0.2, 0.25) is 0 Å². The Balaban J connectivity index is 1.63. The Morgan fingerprint density at radius 3 is 2.86 bits per heavy atom. The number of hydrogen-bond acceptors (Lipinski definition) is 3. The largest absolute Gasteiger partial charge is 0.347 e. The maximum Gasteiger partial charge on any atom is 0.220 e. The summed E-state index contributed by atoms with van der Waals surface area (Å²) >= 11 is 0. The molecular weight excluding hydrogens is 276 g/mol. The number of aryl methyl sites for hydroxylation is 3. The van der Waals surface area contributed by atoms with Gasteiger partial charge in [-0.25, -0.2) is 0 Å². The Morgan fingerprint density at radius 1 is 1.41 bits per heavy atom. The van der Waals surface area contributed by atoms with Gasteiger partial charge in [0.1, 0.15) is 0 Å². The average Bonchev–Trinajstić information content (AvgIpc) is 3.26. The highest BCUT2D eigenvalue weighted by atomic mass is 16.1. The molecule has 1 fully saturated rings. The number of pyridine rings is 1. The average molecular weight is 298 g/mol. The van der Waals surface area contributed by atoms with Crippen LogP contribution in [-0.2, 0) is 18.3 Å². The van der Waals surface area contributed by atoms with Crippen LogP contribution in [-0.4, -0.2) is 20.7 Å². The zero-order valence-electron chi connectivity index (χ0n) is 13.1. The molecule has 22 heavy (non-hydrogen) atoms. The monoisotopic (exact) mass is 298 g/mol. The number of rotatable bonds is 6. The number of aromatic nitrogens is 3. The van der Waals surface area contributed by atoms with E-state index in [4.69, 9.17) is 0 Å².